The second-order valence-corrected chi connectivity index (χ2v) is 9.16. The molecule has 34 heavy (non-hydrogen) atoms. The first-order valence-corrected chi connectivity index (χ1v) is 12.2. The predicted octanol–water partition coefficient (Wildman–Crippen LogP) is 4.33. The number of hydrogen-bond donors (Lipinski definition) is 1. The zero-order chi connectivity index (χ0) is 24.8. The Kier molecular flexibility index (Phi) is 8.29. The number of rotatable bonds is 9. The maximum atomic E-state index is 12.5. The lowest BCUT2D eigenvalue weighted by Gasteiger charge is -2.08. The third kappa shape index (κ3) is 5.39. The number of esters is 2. The first-order valence-electron chi connectivity index (χ1n) is 11.4. The zero-order valence-corrected chi connectivity index (χ0v) is 20.8. The normalized spacial score (nSPS) is 12.7. The third-order valence-corrected chi connectivity index (χ3v) is 6.90. The van der Waals surface area contributed by atoms with Crippen LogP contribution in [0.4, 0.5) is 5.00 Å². The van der Waals surface area contributed by atoms with Crippen molar-refractivity contribution in [3.63, 3.8) is 0 Å². The molecule has 3 rings (SSSR count). The van der Waals surface area contributed by atoms with Crippen LogP contribution in [0.1, 0.15) is 64.4 Å². The Bertz CT molecular complexity index is 1180. The highest BCUT2D eigenvalue weighted by Gasteiger charge is 2.28. The number of nitriles is 1. The number of fused-ring (bicyclic) bond motifs is 1. The highest BCUT2D eigenvalue weighted by Crippen LogP contribution is 2.39. The van der Waals surface area contributed by atoms with Gasteiger partial charge in [0.05, 0.1) is 12.2 Å². The van der Waals surface area contributed by atoms with Crippen LogP contribution in [0.2, 0.25) is 0 Å². The molecule has 8 nitrogen and oxygen atoms in total. The highest BCUT2D eigenvalue weighted by atomic mass is 32.1. The summed E-state index contributed by atoms with van der Waals surface area (Å²) in [6.07, 6.45) is 5.03. The van der Waals surface area contributed by atoms with Gasteiger partial charge in [0, 0.05) is 22.8 Å². The highest BCUT2D eigenvalue weighted by molar-refractivity contribution is 7.17. The number of hydrogen-bond acceptors (Lipinski definition) is 7. The summed E-state index contributed by atoms with van der Waals surface area (Å²) >= 11 is 1.35. The Morgan fingerprint density at radius 1 is 1.24 bits per heavy atom. The van der Waals surface area contributed by atoms with Gasteiger partial charge in [-0.2, -0.15) is 5.26 Å². The van der Waals surface area contributed by atoms with Crippen LogP contribution in [0.25, 0.3) is 6.08 Å². The van der Waals surface area contributed by atoms with Gasteiger partial charge in [-0.25, -0.2) is 9.59 Å². The van der Waals surface area contributed by atoms with Gasteiger partial charge in [0.2, 0.25) is 0 Å². The number of anilines is 1. The van der Waals surface area contributed by atoms with Crippen LogP contribution in [0.5, 0.6) is 0 Å². The van der Waals surface area contributed by atoms with Crippen LogP contribution in [-0.2, 0) is 38.4 Å². The molecule has 1 aliphatic carbocycles. The molecule has 1 amide bonds. The number of thiophene rings is 1. The van der Waals surface area contributed by atoms with Crippen molar-refractivity contribution in [3.05, 3.63) is 44.6 Å². The third-order valence-electron chi connectivity index (χ3n) is 5.69. The van der Waals surface area contributed by atoms with Gasteiger partial charge in [-0.1, -0.05) is 6.92 Å². The Labute approximate surface area is 203 Å². The van der Waals surface area contributed by atoms with Crippen molar-refractivity contribution in [2.75, 3.05) is 18.5 Å². The molecule has 0 bridgehead atoms. The summed E-state index contributed by atoms with van der Waals surface area (Å²) in [7, 11) is 0. The Morgan fingerprint density at radius 2 is 2.00 bits per heavy atom. The van der Waals surface area contributed by atoms with Crippen LogP contribution in [0.15, 0.2) is 11.6 Å². The molecule has 1 aliphatic rings. The van der Waals surface area contributed by atoms with Crippen molar-refractivity contribution >= 4 is 40.3 Å². The minimum absolute atomic E-state index is 0.188. The van der Waals surface area contributed by atoms with Gasteiger partial charge in [0.15, 0.2) is 6.61 Å². The first-order chi connectivity index (χ1) is 16.3. The van der Waals surface area contributed by atoms with Gasteiger partial charge in [0.1, 0.15) is 16.6 Å². The number of aromatic nitrogens is 1. The summed E-state index contributed by atoms with van der Waals surface area (Å²) in [5, 5.41) is 12.5. The van der Waals surface area contributed by atoms with Crippen LogP contribution in [-0.4, -0.2) is 35.6 Å². The van der Waals surface area contributed by atoms with Crippen LogP contribution in [0.3, 0.4) is 0 Å². The van der Waals surface area contributed by atoms with Gasteiger partial charge in [-0.15, -0.1) is 11.3 Å². The molecule has 0 atom stereocenters. The molecule has 2 aromatic heterocycles. The van der Waals surface area contributed by atoms with E-state index >= 15 is 0 Å². The average molecular weight is 484 g/mol. The minimum Gasteiger partial charge on any atom is -0.462 e. The van der Waals surface area contributed by atoms with Gasteiger partial charge in [0.25, 0.3) is 5.91 Å². The Morgan fingerprint density at radius 3 is 2.68 bits per heavy atom. The number of nitrogens with one attached hydrogen (secondary N) is 1. The van der Waals surface area contributed by atoms with E-state index in [1.807, 2.05) is 26.0 Å². The lowest BCUT2D eigenvalue weighted by atomic mass is 10.1. The number of amides is 1. The molecule has 180 valence electrons. The Hall–Kier alpha value is -3.38. The van der Waals surface area contributed by atoms with E-state index in [-0.39, 0.29) is 12.2 Å². The number of carbonyl (C=O) groups is 3. The van der Waals surface area contributed by atoms with E-state index < -0.39 is 24.5 Å². The smallest absolute Gasteiger partial charge is 0.349 e. The number of nitrogens with zero attached hydrogens (tertiary/aromatic N) is 2. The molecule has 2 aromatic rings. The fraction of sp³-hybridized carbons (Fsp3) is 0.440. The second kappa shape index (κ2) is 11.2. The Balaban J connectivity index is 1.68. The van der Waals surface area contributed by atoms with E-state index in [1.165, 1.54) is 17.4 Å². The van der Waals surface area contributed by atoms with Crippen molar-refractivity contribution in [3.8, 4) is 6.07 Å². The topological polar surface area (TPSA) is 110 Å². The lowest BCUT2D eigenvalue weighted by Crippen LogP contribution is -2.22. The molecule has 0 spiro atoms. The zero-order valence-electron chi connectivity index (χ0n) is 19.9. The molecular weight excluding hydrogens is 454 g/mol. The predicted molar refractivity (Wildman–Crippen MR) is 130 cm³/mol. The standard InChI is InChI=1S/C25H29N3O5S/c1-5-10-28-15(3)11-17(16(28)4)12-18(13-26)24(30)33-14-21(29)27-23-22(25(31)32-6-2)19-8-7-9-20(19)34-23/h11-12H,5-10,14H2,1-4H3,(H,27,29). The SMILES string of the molecule is CCCn1c(C)cc(C=C(C#N)C(=O)OCC(=O)Nc2sc3c(c2C(=O)OCC)CCC3)c1C. The molecular formula is C25H29N3O5S. The van der Waals surface area contributed by atoms with Crippen LogP contribution in [0, 0.1) is 25.2 Å². The molecule has 9 heteroatoms. The molecule has 0 saturated carbocycles. The van der Waals surface area contributed by atoms with E-state index in [0.717, 1.165) is 59.6 Å². The molecule has 0 aliphatic heterocycles. The fourth-order valence-corrected chi connectivity index (χ4v) is 5.41. The van der Waals surface area contributed by atoms with Crippen molar-refractivity contribution in [2.45, 2.75) is 59.9 Å². The summed E-state index contributed by atoms with van der Waals surface area (Å²) in [4.78, 5) is 38.4. The van der Waals surface area contributed by atoms with Crippen molar-refractivity contribution in [2.24, 2.45) is 0 Å². The molecule has 0 saturated heterocycles. The van der Waals surface area contributed by atoms with Gasteiger partial charge in [-0.3, -0.25) is 4.79 Å². The van der Waals surface area contributed by atoms with E-state index in [2.05, 4.69) is 16.8 Å². The van der Waals surface area contributed by atoms with Crippen LogP contribution >= 0.6 is 11.3 Å². The van der Waals surface area contributed by atoms with Gasteiger partial charge in [-0.05, 0) is 69.7 Å². The maximum Gasteiger partial charge on any atom is 0.349 e. The summed E-state index contributed by atoms with van der Waals surface area (Å²) in [6, 6.07) is 3.77. The molecule has 0 unspecified atom stereocenters. The first kappa shape index (κ1) is 25.2. The van der Waals surface area contributed by atoms with E-state index in [9.17, 15) is 19.6 Å². The largest absolute Gasteiger partial charge is 0.462 e. The monoisotopic (exact) mass is 483 g/mol. The fourth-order valence-electron chi connectivity index (χ4n) is 4.12. The van der Waals surface area contributed by atoms with Crippen molar-refractivity contribution < 1.29 is 23.9 Å². The van der Waals surface area contributed by atoms with E-state index in [4.69, 9.17) is 9.47 Å². The number of ether oxygens (including phenoxy) is 2. The summed E-state index contributed by atoms with van der Waals surface area (Å²) in [6.45, 7) is 8.22. The van der Waals surface area contributed by atoms with E-state index in [0.29, 0.717) is 10.6 Å². The summed E-state index contributed by atoms with van der Waals surface area (Å²) < 4.78 is 12.4. The quantitative estimate of drug-likeness (QED) is 0.323. The molecule has 1 N–H and O–H groups in total. The van der Waals surface area contributed by atoms with Gasteiger partial charge >= 0.3 is 11.9 Å². The molecule has 0 fully saturated rings. The summed E-state index contributed by atoms with van der Waals surface area (Å²) in [5.74, 6) is -1.93. The average Bonchev–Trinajstić information content (AvgIpc) is 3.45. The van der Waals surface area contributed by atoms with E-state index in [1.54, 1.807) is 6.92 Å². The molecule has 0 aromatic carbocycles. The number of aryl methyl sites for hydroxylation is 2. The second-order valence-electron chi connectivity index (χ2n) is 8.05. The maximum absolute atomic E-state index is 12.5. The van der Waals surface area contributed by atoms with Crippen molar-refractivity contribution in [1.82, 2.24) is 4.57 Å². The molecule has 2 heterocycles. The molecule has 0 radical (unpaired) electrons. The lowest BCUT2D eigenvalue weighted by molar-refractivity contribution is -0.142. The minimum atomic E-state index is -0.878. The van der Waals surface area contributed by atoms with Crippen molar-refractivity contribution in [1.29, 1.82) is 5.26 Å². The van der Waals surface area contributed by atoms with Crippen LogP contribution < -0.4 is 5.32 Å². The number of carbonyl (C=O) groups excluding carboxylic acids is 3. The summed E-state index contributed by atoms with van der Waals surface area (Å²) in [5.41, 5.74) is 3.87. The van der Waals surface area contributed by atoms with Gasteiger partial charge < -0.3 is 19.4 Å².